The van der Waals surface area contributed by atoms with E-state index in [1.807, 2.05) is 0 Å². The van der Waals surface area contributed by atoms with Gasteiger partial charge in [-0.1, -0.05) is 6.92 Å². The van der Waals surface area contributed by atoms with Crippen molar-refractivity contribution in [2.75, 3.05) is 0 Å². The van der Waals surface area contributed by atoms with Crippen LogP contribution in [-0.2, 0) is 0 Å². The highest BCUT2D eigenvalue weighted by atomic mass is 19.3. The van der Waals surface area contributed by atoms with E-state index in [1.165, 1.54) is 18.2 Å². The van der Waals surface area contributed by atoms with E-state index in [-0.39, 0.29) is 17.1 Å². The fourth-order valence-electron chi connectivity index (χ4n) is 1.19. The molecule has 0 atom stereocenters. The largest absolute Gasteiger partial charge is 0.433 e. The Morgan fingerprint density at radius 3 is 2.75 bits per heavy atom. The number of benzene rings is 1. The second-order valence-electron chi connectivity index (χ2n) is 2.98. The number of ketones is 1. The van der Waals surface area contributed by atoms with Crippen LogP contribution in [0, 0.1) is 11.3 Å². The molecule has 0 fully saturated rings. The lowest BCUT2D eigenvalue weighted by Crippen LogP contribution is -2.05. The first-order chi connectivity index (χ1) is 7.58. The minimum atomic E-state index is -2.99. The third-order valence-corrected chi connectivity index (χ3v) is 1.96. The molecule has 84 valence electrons. The highest BCUT2D eigenvalue weighted by molar-refractivity contribution is 5.96. The molecular weight excluding hydrogens is 216 g/mol. The Labute approximate surface area is 91.3 Å². The van der Waals surface area contributed by atoms with Crippen molar-refractivity contribution in [2.24, 2.45) is 0 Å². The summed E-state index contributed by atoms with van der Waals surface area (Å²) in [5.41, 5.74) is 0.250. The van der Waals surface area contributed by atoms with Gasteiger partial charge in [-0.3, -0.25) is 4.79 Å². The van der Waals surface area contributed by atoms with Crippen LogP contribution in [0.5, 0.6) is 5.75 Å². The number of rotatable bonds is 4. The summed E-state index contributed by atoms with van der Waals surface area (Å²) in [6.07, 6.45) is 0.292. The van der Waals surface area contributed by atoms with Gasteiger partial charge in [0.2, 0.25) is 0 Å². The minimum absolute atomic E-state index is 0.0698. The summed E-state index contributed by atoms with van der Waals surface area (Å²) in [5.74, 6) is -0.370. The van der Waals surface area contributed by atoms with Crippen LogP contribution in [0.25, 0.3) is 0 Å². The number of nitrogens with zero attached hydrogens (tertiary/aromatic N) is 1. The van der Waals surface area contributed by atoms with Gasteiger partial charge >= 0.3 is 6.61 Å². The second kappa shape index (κ2) is 5.21. The minimum Gasteiger partial charge on any atom is -0.433 e. The van der Waals surface area contributed by atoms with Crippen LogP contribution in [-0.4, -0.2) is 12.4 Å². The quantitative estimate of drug-likeness (QED) is 0.740. The lowest BCUT2D eigenvalue weighted by atomic mass is 10.1. The van der Waals surface area contributed by atoms with Gasteiger partial charge in [0.05, 0.1) is 5.56 Å². The van der Waals surface area contributed by atoms with Crippen LogP contribution in [0.2, 0.25) is 0 Å². The molecule has 0 amide bonds. The molecule has 0 aliphatic rings. The molecule has 1 aromatic rings. The van der Waals surface area contributed by atoms with Crippen LogP contribution in [0.3, 0.4) is 0 Å². The van der Waals surface area contributed by atoms with Gasteiger partial charge in [-0.05, 0) is 18.2 Å². The van der Waals surface area contributed by atoms with Gasteiger partial charge < -0.3 is 4.74 Å². The van der Waals surface area contributed by atoms with Crippen LogP contribution >= 0.6 is 0 Å². The van der Waals surface area contributed by atoms with E-state index in [9.17, 15) is 13.6 Å². The fraction of sp³-hybridized carbons (Fsp3) is 0.273. The molecule has 0 bridgehead atoms. The average Bonchev–Trinajstić information content (AvgIpc) is 2.27. The normalized spacial score (nSPS) is 9.94. The molecule has 1 aromatic carbocycles. The number of ether oxygens (including phenoxy) is 1. The van der Waals surface area contributed by atoms with Crippen LogP contribution in [0.1, 0.15) is 29.3 Å². The van der Waals surface area contributed by atoms with Gasteiger partial charge in [0.15, 0.2) is 5.78 Å². The molecule has 16 heavy (non-hydrogen) atoms. The number of alkyl halides is 2. The van der Waals surface area contributed by atoms with Crippen molar-refractivity contribution in [2.45, 2.75) is 20.0 Å². The Morgan fingerprint density at radius 1 is 1.56 bits per heavy atom. The lowest BCUT2D eigenvalue weighted by Gasteiger charge is -2.07. The fourth-order valence-corrected chi connectivity index (χ4v) is 1.19. The first-order valence-electron chi connectivity index (χ1n) is 4.60. The van der Waals surface area contributed by atoms with E-state index in [1.54, 1.807) is 13.0 Å². The maximum Gasteiger partial charge on any atom is 0.387 e. The van der Waals surface area contributed by atoms with Crippen molar-refractivity contribution in [3.05, 3.63) is 29.3 Å². The number of halogens is 2. The molecule has 0 heterocycles. The number of carbonyl (C=O) groups excluding carboxylic acids is 1. The highest BCUT2D eigenvalue weighted by Gasteiger charge is 2.12. The molecule has 0 aliphatic heterocycles. The Bertz CT molecular complexity index is 438. The first kappa shape index (κ1) is 12.1. The molecule has 0 aliphatic carbocycles. The summed E-state index contributed by atoms with van der Waals surface area (Å²) in [6, 6.07) is 5.53. The zero-order valence-corrected chi connectivity index (χ0v) is 8.54. The number of Topliss-reactive ketones (excluding diaryl/α,β-unsaturated/α-hetero) is 1. The summed E-state index contributed by atoms with van der Waals surface area (Å²) < 4.78 is 28.1. The topological polar surface area (TPSA) is 50.1 Å². The van der Waals surface area contributed by atoms with Gasteiger partial charge in [-0.15, -0.1) is 0 Å². The lowest BCUT2D eigenvalue weighted by molar-refractivity contribution is -0.0500. The van der Waals surface area contributed by atoms with E-state index < -0.39 is 6.61 Å². The van der Waals surface area contributed by atoms with Crippen molar-refractivity contribution in [1.82, 2.24) is 0 Å². The summed E-state index contributed by atoms with van der Waals surface area (Å²) in [4.78, 5) is 11.3. The first-order valence-corrected chi connectivity index (χ1v) is 4.60. The standard InChI is InChI=1S/C11H9F2NO2/c1-2-9(15)7-3-4-10(16-11(12)13)8(5-7)6-14/h3-5,11H,2H2,1H3. The molecule has 0 unspecified atom stereocenters. The number of carbonyl (C=O) groups is 1. The Morgan fingerprint density at radius 2 is 2.25 bits per heavy atom. The summed E-state index contributed by atoms with van der Waals surface area (Å²) in [6.45, 7) is -1.31. The molecule has 0 N–H and O–H groups in total. The van der Waals surface area contributed by atoms with Crippen molar-refractivity contribution in [3.8, 4) is 11.8 Å². The zero-order valence-electron chi connectivity index (χ0n) is 8.54. The summed E-state index contributed by atoms with van der Waals surface area (Å²) in [7, 11) is 0. The Kier molecular flexibility index (Phi) is 3.95. The Hall–Kier alpha value is -1.96. The summed E-state index contributed by atoms with van der Waals surface area (Å²) >= 11 is 0. The Balaban J connectivity index is 3.08. The van der Waals surface area contributed by atoms with E-state index in [0.717, 1.165) is 0 Å². The number of hydrogen-bond donors (Lipinski definition) is 0. The third-order valence-electron chi connectivity index (χ3n) is 1.96. The molecule has 3 nitrogen and oxygen atoms in total. The molecular formula is C11H9F2NO2. The van der Waals surface area contributed by atoms with E-state index >= 15 is 0 Å². The maximum absolute atomic E-state index is 12.0. The average molecular weight is 225 g/mol. The molecule has 1 rings (SSSR count). The van der Waals surface area contributed by atoms with Gasteiger partial charge in [-0.2, -0.15) is 14.0 Å². The SMILES string of the molecule is CCC(=O)c1ccc(OC(F)F)c(C#N)c1. The third kappa shape index (κ3) is 2.76. The van der Waals surface area contributed by atoms with E-state index in [2.05, 4.69) is 4.74 Å². The van der Waals surface area contributed by atoms with Crippen molar-refractivity contribution < 1.29 is 18.3 Å². The van der Waals surface area contributed by atoms with Crippen molar-refractivity contribution in [3.63, 3.8) is 0 Å². The van der Waals surface area contributed by atoms with Crippen LogP contribution in [0.4, 0.5) is 8.78 Å². The number of hydrogen-bond acceptors (Lipinski definition) is 3. The molecule has 0 saturated carbocycles. The van der Waals surface area contributed by atoms with Gasteiger partial charge in [0, 0.05) is 12.0 Å². The molecule has 5 heteroatoms. The van der Waals surface area contributed by atoms with Gasteiger partial charge in [-0.25, -0.2) is 0 Å². The smallest absolute Gasteiger partial charge is 0.387 e. The van der Waals surface area contributed by atoms with Crippen molar-refractivity contribution >= 4 is 5.78 Å². The predicted octanol–water partition coefficient (Wildman–Crippen LogP) is 2.75. The monoisotopic (exact) mass is 225 g/mol. The van der Waals surface area contributed by atoms with E-state index in [0.29, 0.717) is 12.0 Å². The molecule has 0 radical (unpaired) electrons. The van der Waals surface area contributed by atoms with Crippen molar-refractivity contribution in [1.29, 1.82) is 5.26 Å². The number of nitriles is 1. The van der Waals surface area contributed by atoms with Crippen LogP contribution < -0.4 is 4.74 Å². The predicted molar refractivity (Wildman–Crippen MR) is 52.4 cm³/mol. The second-order valence-corrected chi connectivity index (χ2v) is 2.98. The zero-order chi connectivity index (χ0) is 12.1. The van der Waals surface area contributed by atoms with Gasteiger partial charge in [0.25, 0.3) is 0 Å². The highest BCUT2D eigenvalue weighted by Crippen LogP contribution is 2.21. The van der Waals surface area contributed by atoms with Crippen LogP contribution in [0.15, 0.2) is 18.2 Å². The molecule has 0 spiro atoms. The molecule has 0 aromatic heterocycles. The van der Waals surface area contributed by atoms with E-state index in [4.69, 9.17) is 5.26 Å². The molecule has 0 saturated heterocycles. The van der Waals surface area contributed by atoms with Gasteiger partial charge in [0.1, 0.15) is 11.8 Å². The summed E-state index contributed by atoms with van der Waals surface area (Å²) in [5, 5.41) is 8.72. The maximum atomic E-state index is 12.0.